The maximum atomic E-state index is 12.3. The van der Waals surface area contributed by atoms with Crippen molar-refractivity contribution in [2.75, 3.05) is 0 Å². The number of nitrogens with one attached hydrogen (secondary N) is 1. The SMILES string of the molecule is Cc1oc(C)c(S(=O)(=O)NCc2cccs2)c1CO. The summed E-state index contributed by atoms with van der Waals surface area (Å²) >= 11 is 1.48. The summed E-state index contributed by atoms with van der Waals surface area (Å²) in [5.74, 6) is 0.719. The van der Waals surface area contributed by atoms with Crippen LogP contribution < -0.4 is 4.72 Å². The first-order valence-corrected chi connectivity index (χ1v) is 8.03. The highest BCUT2D eigenvalue weighted by Gasteiger charge is 2.26. The van der Waals surface area contributed by atoms with E-state index < -0.39 is 10.0 Å². The fraction of sp³-hybridized carbons (Fsp3) is 0.333. The number of aryl methyl sites for hydroxylation is 2. The third kappa shape index (κ3) is 2.89. The highest BCUT2D eigenvalue weighted by atomic mass is 32.2. The van der Waals surface area contributed by atoms with E-state index in [0.717, 1.165) is 4.88 Å². The fourth-order valence-corrected chi connectivity index (χ4v) is 4.07. The van der Waals surface area contributed by atoms with Crippen LogP contribution in [0.3, 0.4) is 0 Å². The van der Waals surface area contributed by atoms with Crippen LogP contribution in [-0.4, -0.2) is 13.5 Å². The van der Waals surface area contributed by atoms with E-state index >= 15 is 0 Å². The van der Waals surface area contributed by atoms with Gasteiger partial charge in [0.15, 0.2) is 0 Å². The Bertz CT molecular complexity index is 656. The van der Waals surface area contributed by atoms with Gasteiger partial charge in [-0.1, -0.05) is 6.07 Å². The fourth-order valence-electron chi connectivity index (χ4n) is 1.90. The molecule has 0 aliphatic carbocycles. The van der Waals surface area contributed by atoms with E-state index in [-0.39, 0.29) is 18.0 Å². The molecule has 0 atom stereocenters. The number of thiophene rings is 1. The molecule has 0 bridgehead atoms. The summed E-state index contributed by atoms with van der Waals surface area (Å²) in [5, 5.41) is 11.2. The van der Waals surface area contributed by atoms with Crippen molar-refractivity contribution < 1.29 is 17.9 Å². The van der Waals surface area contributed by atoms with Crippen LogP contribution >= 0.6 is 11.3 Å². The lowest BCUT2D eigenvalue weighted by atomic mass is 10.2. The summed E-state index contributed by atoms with van der Waals surface area (Å²) in [7, 11) is -3.69. The summed E-state index contributed by atoms with van der Waals surface area (Å²) in [6, 6.07) is 3.72. The molecule has 0 aromatic carbocycles. The van der Waals surface area contributed by atoms with E-state index in [4.69, 9.17) is 4.42 Å². The van der Waals surface area contributed by atoms with Gasteiger partial charge in [0.2, 0.25) is 10.0 Å². The van der Waals surface area contributed by atoms with Crippen molar-refractivity contribution in [2.24, 2.45) is 0 Å². The predicted octanol–water partition coefficient (Wildman–Crippen LogP) is 1.93. The van der Waals surface area contributed by atoms with Gasteiger partial charge in [0, 0.05) is 17.0 Å². The molecule has 7 heteroatoms. The van der Waals surface area contributed by atoms with E-state index in [1.165, 1.54) is 11.3 Å². The molecule has 2 N–H and O–H groups in total. The lowest BCUT2D eigenvalue weighted by molar-refractivity contribution is 0.276. The molecular weight excluding hydrogens is 286 g/mol. The van der Waals surface area contributed by atoms with Gasteiger partial charge in [0.25, 0.3) is 0 Å². The number of hydrogen-bond acceptors (Lipinski definition) is 5. The molecule has 0 amide bonds. The number of aliphatic hydroxyl groups excluding tert-OH is 1. The quantitative estimate of drug-likeness (QED) is 0.884. The Morgan fingerprint density at radius 1 is 1.37 bits per heavy atom. The largest absolute Gasteiger partial charge is 0.465 e. The summed E-state index contributed by atoms with van der Waals surface area (Å²) in [6.07, 6.45) is 0. The van der Waals surface area contributed by atoms with Crippen LogP contribution in [-0.2, 0) is 23.2 Å². The smallest absolute Gasteiger partial charge is 0.244 e. The zero-order chi connectivity index (χ0) is 14.0. The van der Waals surface area contributed by atoms with Crippen LogP contribution in [0.2, 0.25) is 0 Å². The third-order valence-corrected chi connectivity index (χ3v) is 5.24. The molecular formula is C12H15NO4S2. The average Bonchev–Trinajstić information content (AvgIpc) is 2.94. The molecule has 2 heterocycles. The molecule has 0 saturated carbocycles. The van der Waals surface area contributed by atoms with E-state index in [0.29, 0.717) is 17.1 Å². The van der Waals surface area contributed by atoms with Crippen LogP contribution in [0.25, 0.3) is 0 Å². The van der Waals surface area contributed by atoms with Crippen molar-refractivity contribution >= 4 is 21.4 Å². The first kappa shape index (κ1) is 14.3. The molecule has 0 unspecified atom stereocenters. The Kier molecular flexibility index (Phi) is 4.10. The predicted molar refractivity (Wildman–Crippen MR) is 72.4 cm³/mol. The van der Waals surface area contributed by atoms with Gasteiger partial charge in [-0.15, -0.1) is 11.3 Å². The first-order valence-electron chi connectivity index (χ1n) is 5.67. The minimum Gasteiger partial charge on any atom is -0.465 e. The Morgan fingerprint density at radius 2 is 2.11 bits per heavy atom. The van der Waals surface area contributed by atoms with Gasteiger partial charge in [-0.2, -0.15) is 0 Å². The van der Waals surface area contributed by atoms with Gasteiger partial charge in [-0.05, 0) is 25.3 Å². The normalized spacial score (nSPS) is 11.9. The van der Waals surface area contributed by atoms with Gasteiger partial charge in [-0.3, -0.25) is 0 Å². The number of furan rings is 1. The Balaban J connectivity index is 2.29. The molecule has 0 spiro atoms. The van der Waals surface area contributed by atoms with Crippen LogP contribution in [0.1, 0.15) is 22.0 Å². The molecule has 2 rings (SSSR count). The van der Waals surface area contributed by atoms with Gasteiger partial charge >= 0.3 is 0 Å². The van der Waals surface area contributed by atoms with Crippen LogP contribution in [0, 0.1) is 13.8 Å². The zero-order valence-corrected chi connectivity index (χ0v) is 12.3. The summed E-state index contributed by atoms with van der Waals surface area (Å²) < 4.78 is 32.3. The molecule has 0 radical (unpaired) electrons. The molecule has 2 aromatic rings. The van der Waals surface area contributed by atoms with E-state index in [2.05, 4.69) is 4.72 Å². The molecule has 2 aromatic heterocycles. The molecule has 104 valence electrons. The molecule has 0 aliphatic rings. The van der Waals surface area contributed by atoms with E-state index in [1.807, 2.05) is 17.5 Å². The lowest BCUT2D eigenvalue weighted by Crippen LogP contribution is -2.24. The van der Waals surface area contributed by atoms with Crippen molar-refractivity contribution in [3.8, 4) is 0 Å². The highest BCUT2D eigenvalue weighted by molar-refractivity contribution is 7.89. The summed E-state index contributed by atoms with van der Waals surface area (Å²) in [5.41, 5.74) is 0.316. The Labute approximate surface area is 115 Å². The van der Waals surface area contributed by atoms with Gasteiger partial charge in [0.1, 0.15) is 16.4 Å². The standard InChI is InChI=1S/C12H15NO4S2/c1-8-11(7-14)12(9(2)17-8)19(15,16)13-6-10-4-3-5-18-10/h3-5,13-14H,6-7H2,1-2H3. The molecule has 5 nitrogen and oxygen atoms in total. The second kappa shape index (κ2) is 5.46. The minimum absolute atomic E-state index is 0.0454. The Hall–Kier alpha value is -1.15. The van der Waals surface area contributed by atoms with E-state index in [9.17, 15) is 13.5 Å². The molecule has 0 aliphatic heterocycles. The number of sulfonamides is 1. The average molecular weight is 301 g/mol. The van der Waals surface area contributed by atoms with Crippen LogP contribution in [0.5, 0.6) is 0 Å². The van der Waals surface area contributed by atoms with Crippen molar-refractivity contribution in [1.82, 2.24) is 4.72 Å². The van der Waals surface area contributed by atoms with E-state index in [1.54, 1.807) is 13.8 Å². The lowest BCUT2D eigenvalue weighted by Gasteiger charge is -2.06. The van der Waals surface area contributed by atoms with Gasteiger partial charge in [-0.25, -0.2) is 13.1 Å². The number of aliphatic hydroxyl groups is 1. The minimum atomic E-state index is -3.69. The third-order valence-electron chi connectivity index (χ3n) is 2.77. The van der Waals surface area contributed by atoms with Crippen molar-refractivity contribution in [1.29, 1.82) is 0 Å². The zero-order valence-electron chi connectivity index (χ0n) is 10.6. The highest BCUT2D eigenvalue weighted by Crippen LogP contribution is 2.26. The molecule has 19 heavy (non-hydrogen) atoms. The number of hydrogen-bond donors (Lipinski definition) is 2. The topological polar surface area (TPSA) is 79.5 Å². The van der Waals surface area contributed by atoms with Crippen molar-refractivity contribution in [3.05, 3.63) is 39.5 Å². The maximum absolute atomic E-state index is 12.3. The number of rotatable bonds is 5. The maximum Gasteiger partial charge on any atom is 0.244 e. The summed E-state index contributed by atoms with van der Waals surface area (Å²) in [4.78, 5) is 0.969. The second-order valence-electron chi connectivity index (χ2n) is 4.08. The van der Waals surface area contributed by atoms with Crippen molar-refractivity contribution in [2.45, 2.75) is 31.9 Å². The second-order valence-corrected chi connectivity index (χ2v) is 6.82. The van der Waals surface area contributed by atoms with Gasteiger partial charge in [0.05, 0.1) is 6.61 Å². The first-order chi connectivity index (χ1) is 8.95. The molecule has 0 fully saturated rings. The van der Waals surface area contributed by atoms with Crippen molar-refractivity contribution in [3.63, 3.8) is 0 Å². The summed E-state index contributed by atoms with van der Waals surface area (Å²) in [6.45, 7) is 3.08. The molecule has 0 saturated heterocycles. The van der Waals surface area contributed by atoms with Gasteiger partial charge < -0.3 is 9.52 Å². The van der Waals surface area contributed by atoms with Crippen LogP contribution in [0.15, 0.2) is 26.8 Å². The Morgan fingerprint density at radius 3 is 2.68 bits per heavy atom. The monoisotopic (exact) mass is 301 g/mol. The van der Waals surface area contributed by atoms with Crippen LogP contribution in [0.4, 0.5) is 0 Å².